The van der Waals surface area contributed by atoms with E-state index in [9.17, 15) is 0 Å². The maximum Gasteiger partial charge on any atom is 0.0754 e. The fourth-order valence-corrected chi connectivity index (χ4v) is 2.87. The van der Waals surface area contributed by atoms with Crippen LogP contribution in [0.25, 0.3) is 0 Å². The van der Waals surface area contributed by atoms with Gasteiger partial charge in [0.15, 0.2) is 0 Å². The lowest BCUT2D eigenvalue weighted by atomic mass is 9.78. The van der Waals surface area contributed by atoms with Gasteiger partial charge in [0.25, 0.3) is 0 Å². The molecule has 2 heteroatoms. The molecule has 1 unspecified atom stereocenters. The molecule has 0 aromatic heterocycles. The first-order valence-corrected chi connectivity index (χ1v) is 7.18. The van der Waals surface area contributed by atoms with Crippen LogP contribution in [0.4, 0.5) is 0 Å². The van der Waals surface area contributed by atoms with Crippen molar-refractivity contribution in [1.82, 2.24) is 4.90 Å². The zero-order valence-electron chi connectivity index (χ0n) is 12.7. The predicted molar refractivity (Wildman–Crippen MR) is 74.4 cm³/mol. The van der Waals surface area contributed by atoms with Crippen molar-refractivity contribution in [3.05, 3.63) is 0 Å². The van der Waals surface area contributed by atoms with Gasteiger partial charge in [-0.25, -0.2) is 0 Å². The monoisotopic (exact) mass is 241 g/mol. The maximum atomic E-state index is 6.12. The lowest BCUT2D eigenvalue weighted by Crippen LogP contribution is -2.63. The number of rotatable bonds is 5. The number of likely N-dealkylation sites (tertiary alicyclic amines) is 1. The Bertz CT molecular complexity index is 235. The molecule has 1 rings (SSSR count). The Morgan fingerprint density at radius 3 is 2.41 bits per heavy atom. The molecule has 1 fully saturated rings. The zero-order chi connectivity index (χ0) is 13.1. The Labute approximate surface area is 108 Å². The van der Waals surface area contributed by atoms with Gasteiger partial charge in [0, 0.05) is 17.7 Å². The second-order valence-corrected chi connectivity index (χ2v) is 6.63. The van der Waals surface area contributed by atoms with Crippen LogP contribution in [0.5, 0.6) is 0 Å². The highest BCUT2D eigenvalue weighted by atomic mass is 16.5. The van der Waals surface area contributed by atoms with E-state index in [-0.39, 0.29) is 5.54 Å². The second-order valence-electron chi connectivity index (χ2n) is 6.63. The Morgan fingerprint density at radius 1 is 1.18 bits per heavy atom. The molecule has 0 aromatic carbocycles. The Kier molecular flexibility index (Phi) is 5.03. The van der Waals surface area contributed by atoms with Crippen molar-refractivity contribution < 1.29 is 4.74 Å². The first-order valence-electron chi connectivity index (χ1n) is 7.18. The molecule has 102 valence electrons. The minimum absolute atomic E-state index is 0.147. The van der Waals surface area contributed by atoms with Crippen molar-refractivity contribution in [1.29, 1.82) is 0 Å². The molecule has 2 nitrogen and oxygen atoms in total. The highest BCUT2D eigenvalue weighted by molar-refractivity contribution is 5.00. The summed E-state index contributed by atoms with van der Waals surface area (Å²) >= 11 is 0. The summed E-state index contributed by atoms with van der Waals surface area (Å²) in [6.07, 6.45) is 6.56. The van der Waals surface area contributed by atoms with Crippen molar-refractivity contribution in [2.45, 2.75) is 83.9 Å². The number of ether oxygens (including phenoxy) is 1. The van der Waals surface area contributed by atoms with E-state index in [4.69, 9.17) is 4.74 Å². The van der Waals surface area contributed by atoms with Crippen LogP contribution in [0.1, 0.15) is 66.7 Å². The van der Waals surface area contributed by atoms with Crippen molar-refractivity contribution in [2.24, 2.45) is 0 Å². The van der Waals surface area contributed by atoms with E-state index in [1.165, 1.54) is 32.1 Å². The summed E-state index contributed by atoms with van der Waals surface area (Å²) < 4.78 is 6.12. The van der Waals surface area contributed by atoms with Gasteiger partial charge in [-0.05, 0) is 54.0 Å². The first-order chi connectivity index (χ1) is 7.82. The van der Waals surface area contributed by atoms with E-state index in [1.54, 1.807) is 0 Å². The highest BCUT2D eigenvalue weighted by Crippen LogP contribution is 2.38. The lowest BCUT2D eigenvalue weighted by Gasteiger charge is -2.54. The lowest BCUT2D eigenvalue weighted by molar-refractivity contribution is -0.119. The van der Waals surface area contributed by atoms with Crippen molar-refractivity contribution >= 4 is 0 Å². The summed E-state index contributed by atoms with van der Waals surface area (Å²) in [4.78, 5) is 2.49. The number of unbranched alkanes of at least 4 members (excludes halogenated alkanes) is 2. The molecule has 1 heterocycles. The summed E-state index contributed by atoms with van der Waals surface area (Å²) in [6.45, 7) is 12.5. The largest absolute Gasteiger partial charge is 0.376 e. The van der Waals surface area contributed by atoms with Crippen molar-refractivity contribution in [3.8, 4) is 0 Å². The van der Waals surface area contributed by atoms with E-state index in [0.717, 1.165) is 6.61 Å². The van der Waals surface area contributed by atoms with Crippen LogP contribution in [-0.4, -0.2) is 35.7 Å². The number of piperidine rings is 1. The summed E-state index contributed by atoms with van der Waals surface area (Å²) in [5, 5.41) is 0. The quantitative estimate of drug-likeness (QED) is 0.678. The molecule has 0 aliphatic carbocycles. The Hall–Kier alpha value is -0.0800. The molecule has 0 radical (unpaired) electrons. The molecule has 0 amide bonds. The third-order valence-electron chi connectivity index (χ3n) is 4.65. The number of nitrogens with zero attached hydrogens (tertiary/aromatic N) is 1. The SMILES string of the molecule is CCCCCOC1CCC(C)(C)N(C)C1(C)C. The Balaban J connectivity index is 2.51. The summed E-state index contributed by atoms with van der Waals surface area (Å²) in [7, 11) is 2.24. The van der Waals surface area contributed by atoms with Gasteiger partial charge in [-0.3, -0.25) is 4.90 Å². The van der Waals surface area contributed by atoms with Crippen molar-refractivity contribution in [3.63, 3.8) is 0 Å². The normalized spacial score (nSPS) is 28.2. The van der Waals surface area contributed by atoms with Gasteiger partial charge < -0.3 is 4.74 Å². The van der Waals surface area contributed by atoms with Crippen LogP contribution in [0.2, 0.25) is 0 Å². The van der Waals surface area contributed by atoms with E-state index >= 15 is 0 Å². The van der Waals surface area contributed by atoms with Gasteiger partial charge in [0.05, 0.1) is 6.10 Å². The van der Waals surface area contributed by atoms with Gasteiger partial charge in [-0.15, -0.1) is 0 Å². The second kappa shape index (κ2) is 5.71. The number of likely N-dealkylation sites (N-methyl/N-ethyl adjacent to an activating group) is 1. The third kappa shape index (κ3) is 3.45. The third-order valence-corrected chi connectivity index (χ3v) is 4.65. The van der Waals surface area contributed by atoms with Crippen LogP contribution in [0.15, 0.2) is 0 Å². The highest BCUT2D eigenvalue weighted by Gasteiger charge is 2.45. The summed E-state index contributed by atoms with van der Waals surface area (Å²) in [6, 6.07) is 0. The summed E-state index contributed by atoms with van der Waals surface area (Å²) in [5.41, 5.74) is 0.445. The average Bonchev–Trinajstić information content (AvgIpc) is 2.25. The number of hydrogen-bond donors (Lipinski definition) is 0. The van der Waals surface area contributed by atoms with Gasteiger partial charge in [-0.1, -0.05) is 19.8 Å². The topological polar surface area (TPSA) is 12.5 Å². The minimum Gasteiger partial charge on any atom is -0.376 e. The molecule has 1 aliphatic heterocycles. The van der Waals surface area contributed by atoms with Crippen LogP contribution in [0, 0.1) is 0 Å². The van der Waals surface area contributed by atoms with Crippen LogP contribution < -0.4 is 0 Å². The van der Waals surface area contributed by atoms with E-state index in [2.05, 4.69) is 46.6 Å². The van der Waals surface area contributed by atoms with Gasteiger partial charge in [0.2, 0.25) is 0 Å². The molecule has 0 saturated carbocycles. The average molecular weight is 241 g/mol. The molecule has 0 N–H and O–H groups in total. The van der Waals surface area contributed by atoms with Crippen LogP contribution in [-0.2, 0) is 4.74 Å². The molecular weight excluding hydrogens is 210 g/mol. The molecule has 0 aromatic rings. The molecule has 0 spiro atoms. The molecular formula is C15H31NO. The van der Waals surface area contributed by atoms with Gasteiger partial charge >= 0.3 is 0 Å². The van der Waals surface area contributed by atoms with E-state index < -0.39 is 0 Å². The predicted octanol–water partition coefficient (Wildman–Crippen LogP) is 3.84. The minimum atomic E-state index is 0.147. The van der Waals surface area contributed by atoms with Gasteiger partial charge in [0.1, 0.15) is 0 Å². The molecule has 1 aliphatic rings. The zero-order valence-corrected chi connectivity index (χ0v) is 12.7. The van der Waals surface area contributed by atoms with E-state index in [1.807, 2.05) is 0 Å². The molecule has 17 heavy (non-hydrogen) atoms. The van der Waals surface area contributed by atoms with Crippen molar-refractivity contribution in [2.75, 3.05) is 13.7 Å². The standard InChI is InChI=1S/C15H31NO/c1-7-8-9-12-17-13-10-11-14(2,3)16(6)15(13,4)5/h13H,7-12H2,1-6H3. The fraction of sp³-hybridized carbons (Fsp3) is 1.00. The van der Waals surface area contributed by atoms with Gasteiger partial charge in [-0.2, -0.15) is 0 Å². The van der Waals surface area contributed by atoms with Crippen LogP contribution >= 0.6 is 0 Å². The maximum absolute atomic E-state index is 6.12. The molecule has 1 saturated heterocycles. The molecule has 1 atom stereocenters. The first kappa shape index (κ1) is 15.0. The van der Waals surface area contributed by atoms with E-state index in [0.29, 0.717) is 11.6 Å². The Morgan fingerprint density at radius 2 is 1.82 bits per heavy atom. The summed E-state index contributed by atoms with van der Waals surface area (Å²) in [5.74, 6) is 0. The van der Waals surface area contributed by atoms with Crippen LogP contribution in [0.3, 0.4) is 0 Å². The fourth-order valence-electron chi connectivity index (χ4n) is 2.87. The number of hydrogen-bond acceptors (Lipinski definition) is 2. The molecule has 0 bridgehead atoms. The smallest absolute Gasteiger partial charge is 0.0754 e.